The van der Waals surface area contributed by atoms with Crippen LogP contribution in [0.3, 0.4) is 0 Å². The van der Waals surface area contributed by atoms with Crippen molar-refractivity contribution in [1.82, 2.24) is 4.90 Å². The lowest BCUT2D eigenvalue weighted by atomic mass is 10.1. The molecule has 24 heavy (non-hydrogen) atoms. The molecule has 1 aliphatic heterocycles. The maximum Gasteiger partial charge on any atom is 0.341 e. The number of anilines is 1. The summed E-state index contributed by atoms with van der Waals surface area (Å²) in [5, 5.41) is 3.06. The van der Waals surface area contributed by atoms with E-state index >= 15 is 0 Å². The van der Waals surface area contributed by atoms with Crippen LogP contribution in [-0.2, 0) is 14.3 Å². The van der Waals surface area contributed by atoms with Gasteiger partial charge in [-0.2, -0.15) is 0 Å². The average Bonchev–Trinajstić information content (AvgIpc) is 3.15. The van der Waals surface area contributed by atoms with Crippen LogP contribution < -0.4 is 5.32 Å². The minimum atomic E-state index is -0.549. The number of carbonyl (C=O) groups excluding carboxylic acids is 3. The van der Waals surface area contributed by atoms with Gasteiger partial charge in [-0.25, -0.2) is 4.79 Å². The maximum atomic E-state index is 12.3. The molecule has 7 nitrogen and oxygen atoms in total. The van der Waals surface area contributed by atoms with Crippen LogP contribution in [0.5, 0.6) is 0 Å². The molecule has 2 heterocycles. The van der Waals surface area contributed by atoms with Crippen LogP contribution in [0.4, 0.5) is 5.00 Å². The van der Waals surface area contributed by atoms with Gasteiger partial charge in [-0.15, -0.1) is 11.3 Å². The van der Waals surface area contributed by atoms with E-state index in [0.29, 0.717) is 28.5 Å². The molecule has 1 unspecified atom stereocenters. The molecule has 132 valence electrons. The van der Waals surface area contributed by atoms with Crippen LogP contribution in [0.2, 0.25) is 0 Å². The number of hydrogen-bond acceptors (Lipinski definition) is 6. The topological polar surface area (TPSA) is 84.9 Å². The molecule has 0 spiro atoms. The van der Waals surface area contributed by atoms with Crippen LogP contribution in [0.25, 0.3) is 0 Å². The molecule has 2 rings (SSSR count). The Morgan fingerprint density at radius 1 is 1.38 bits per heavy atom. The maximum absolute atomic E-state index is 12.3. The Labute approximate surface area is 144 Å². The number of nitrogens with one attached hydrogen (secondary N) is 1. The second-order valence-electron chi connectivity index (χ2n) is 5.67. The Balaban J connectivity index is 2.36. The van der Waals surface area contributed by atoms with Crippen molar-refractivity contribution < 1.29 is 23.9 Å². The number of nitrogens with zero attached hydrogens (tertiary/aromatic N) is 1. The highest BCUT2D eigenvalue weighted by Crippen LogP contribution is 2.34. The fourth-order valence-electron chi connectivity index (χ4n) is 2.43. The zero-order valence-corrected chi connectivity index (χ0v) is 15.1. The highest BCUT2D eigenvalue weighted by atomic mass is 32.1. The van der Waals surface area contributed by atoms with E-state index in [4.69, 9.17) is 9.47 Å². The van der Waals surface area contributed by atoms with Gasteiger partial charge in [0.15, 0.2) is 0 Å². The lowest BCUT2D eigenvalue weighted by molar-refractivity contribution is -0.124. The summed E-state index contributed by atoms with van der Waals surface area (Å²) in [6.07, 6.45) is 0.959. The second-order valence-corrected chi connectivity index (χ2v) is 6.69. The molecule has 1 aromatic rings. The van der Waals surface area contributed by atoms with Crippen molar-refractivity contribution in [2.24, 2.45) is 0 Å². The molecular weight excluding hydrogens is 332 g/mol. The Morgan fingerprint density at radius 2 is 2.08 bits per heavy atom. The fourth-order valence-corrected chi connectivity index (χ4v) is 3.65. The van der Waals surface area contributed by atoms with Gasteiger partial charge in [-0.3, -0.25) is 9.59 Å². The van der Waals surface area contributed by atoms with Crippen LogP contribution in [0.15, 0.2) is 0 Å². The van der Waals surface area contributed by atoms with Crippen molar-refractivity contribution in [3.05, 3.63) is 16.0 Å². The molecule has 2 amide bonds. The summed E-state index contributed by atoms with van der Waals surface area (Å²) < 4.78 is 10.4. The summed E-state index contributed by atoms with van der Waals surface area (Å²) in [5.41, 5.74) is 0.748. The van der Waals surface area contributed by atoms with E-state index in [-0.39, 0.29) is 24.0 Å². The zero-order chi connectivity index (χ0) is 17.9. The molecule has 0 bridgehead atoms. The van der Waals surface area contributed by atoms with Gasteiger partial charge >= 0.3 is 5.97 Å². The minimum absolute atomic E-state index is 0.213. The zero-order valence-electron chi connectivity index (χ0n) is 14.3. The molecule has 0 radical (unpaired) electrons. The smallest absolute Gasteiger partial charge is 0.341 e. The van der Waals surface area contributed by atoms with Crippen LogP contribution in [-0.4, -0.2) is 56.1 Å². The van der Waals surface area contributed by atoms with Crippen LogP contribution >= 0.6 is 11.3 Å². The number of carbonyl (C=O) groups is 3. The van der Waals surface area contributed by atoms with Crippen molar-refractivity contribution in [2.45, 2.75) is 32.8 Å². The number of rotatable bonds is 5. The Hall–Kier alpha value is -1.93. The van der Waals surface area contributed by atoms with Gasteiger partial charge in [0.25, 0.3) is 11.8 Å². The first kappa shape index (κ1) is 18.4. The summed E-state index contributed by atoms with van der Waals surface area (Å²) in [5.74, 6) is -1.07. The van der Waals surface area contributed by atoms with Gasteiger partial charge in [0.05, 0.1) is 17.0 Å². The summed E-state index contributed by atoms with van der Waals surface area (Å²) >= 11 is 1.08. The average molecular weight is 354 g/mol. The molecule has 8 heteroatoms. The van der Waals surface area contributed by atoms with E-state index < -0.39 is 12.1 Å². The third-order valence-electron chi connectivity index (χ3n) is 3.69. The first-order valence-corrected chi connectivity index (χ1v) is 8.63. The summed E-state index contributed by atoms with van der Waals surface area (Å²) in [7, 11) is 3.27. The number of amides is 2. The van der Waals surface area contributed by atoms with Gasteiger partial charge in [-0.05, 0) is 32.3 Å². The van der Waals surface area contributed by atoms with Crippen molar-refractivity contribution >= 4 is 34.1 Å². The van der Waals surface area contributed by atoms with Crippen molar-refractivity contribution in [3.63, 3.8) is 0 Å². The first-order valence-electron chi connectivity index (χ1n) is 7.81. The van der Waals surface area contributed by atoms with Gasteiger partial charge in [0, 0.05) is 20.7 Å². The monoisotopic (exact) mass is 354 g/mol. The molecule has 0 aliphatic carbocycles. The summed E-state index contributed by atoms with van der Waals surface area (Å²) in [6, 6.07) is 0. The first-order chi connectivity index (χ1) is 11.4. The normalized spacial score (nSPS) is 16.8. The fraction of sp³-hybridized carbons (Fsp3) is 0.562. The second kappa shape index (κ2) is 7.76. The Kier molecular flexibility index (Phi) is 5.95. The van der Waals surface area contributed by atoms with E-state index in [2.05, 4.69) is 5.32 Å². The van der Waals surface area contributed by atoms with Gasteiger partial charge < -0.3 is 19.7 Å². The lowest BCUT2D eigenvalue weighted by Crippen LogP contribution is -2.27. The predicted octanol–water partition coefficient (Wildman–Crippen LogP) is 2.05. The largest absolute Gasteiger partial charge is 0.462 e. The van der Waals surface area contributed by atoms with E-state index in [1.54, 1.807) is 27.9 Å². The summed E-state index contributed by atoms with van der Waals surface area (Å²) in [6.45, 7) is 4.15. The van der Waals surface area contributed by atoms with E-state index in [9.17, 15) is 14.4 Å². The van der Waals surface area contributed by atoms with E-state index in [1.165, 1.54) is 4.90 Å². The Bertz CT molecular complexity index is 647. The van der Waals surface area contributed by atoms with E-state index in [0.717, 1.165) is 17.8 Å². The van der Waals surface area contributed by atoms with Crippen molar-refractivity contribution in [3.8, 4) is 0 Å². The standard InChI is InChI=1S/C16H22N2O5S/c1-5-22-16(21)11-9(2)12(15(20)18(3)4)24-14(11)17-13(19)10-7-6-8-23-10/h10H,5-8H2,1-4H3,(H,17,19). The SMILES string of the molecule is CCOC(=O)c1c(NC(=O)C2CCCO2)sc(C(=O)N(C)C)c1C. The van der Waals surface area contributed by atoms with E-state index in [1.807, 2.05) is 0 Å². The third-order valence-corrected chi connectivity index (χ3v) is 4.88. The molecule has 1 saturated heterocycles. The number of esters is 1. The highest BCUT2D eigenvalue weighted by Gasteiger charge is 2.30. The molecule has 1 aromatic heterocycles. The molecule has 1 fully saturated rings. The number of ether oxygens (including phenoxy) is 2. The quantitative estimate of drug-likeness (QED) is 0.818. The molecule has 1 aliphatic rings. The molecular formula is C16H22N2O5S. The molecule has 1 N–H and O–H groups in total. The number of hydrogen-bond donors (Lipinski definition) is 1. The van der Waals surface area contributed by atoms with Crippen molar-refractivity contribution in [2.75, 3.05) is 32.6 Å². The molecule has 0 aromatic carbocycles. The predicted molar refractivity (Wildman–Crippen MR) is 90.6 cm³/mol. The van der Waals surface area contributed by atoms with Crippen LogP contribution in [0, 0.1) is 6.92 Å². The molecule has 1 atom stereocenters. The van der Waals surface area contributed by atoms with Crippen LogP contribution in [0.1, 0.15) is 45.4 Å². The van der Waals surface area contributed by atoms with Crippen molar-refractivity contribution in [1.29, 1.82) is 0 Å². The highest BCUT2D eigenvalue weighted by molar-refractivity contribution is 7.18. The van der Waals surface area contributed by atoms with Gasteiger partial charge in [-0.1, -0.05) is 0 Å². The lowest BCUT2D eigenvalue weighted by Gasteiger charge is -2.10. The molecule has 0 saturated carbocycles. The third kappa shape index (κ3) is 3.76. The summed E-state index contributed by atoms with van der Waals surface area (Å²) in [4.78, 5) is 38.7. The van der Waals surface area contributed by atoms with Gasteiger partial charge in [0.1, 0.15) is 11.1 Å². The van der Waals surface area contributed by atoms with Gasteiger partial charge in [0.2, 0.25) is 0 Å². The number of thiophene rings is 1. The Morgan fingerprint density at radius 3 is 2.62 bits per heavy atom. The minimum Gasteiger partial charge on any atom is -0.462 e.